The zero-order valence-corrected chi connectivity index (χ0v) is 10.2. The number of hydrogen-bond acceptors (Lipinski definition) is 4. The maximum absolute atomic E-state index is 11.4. The van der Waals surface area contributed by atoms with E-state index in [2.05, 4.69) is 20.5 Å². The lowest BCUT2D eigenvalue weighted by molar-refractivity contribution is -0.137. The van der Waals surface area contributed by atoms with Crippen LogP contribution in [0.4, 0.5) is 0 Å². The van der Waals surface area contributed by atoms with E-state index in [0.29, 0.717) is 25.8 Å². The van der Waals surface area contributed by atoms with Crippen LogP contribution in [0, 0.1) is 0 Å². The molecule has 7 nitrogen and oxygen atoms in total. The van der Waals surface area contributed by atoms with Gasteiger partial charge in [-0.15, -0.1) is 0 Å². The summed E-state index contributed by atoms with van der Waals surface area (Å²) in [5.74, 6) is -0.0360. The number of carbonyl (C=O) groups excluding carboxylic acids is 1. The van der Waals surface area contributed by atoms with Gasteiger partial charge in [-0.2, -0.15) is 5.10 Å². The lowest BCUT2D eigenvalue weighted by Crippen LogP contribution is -2.24. The Bertz CT molecular complexity index is 364. The molecule has 0 saturated heterocycles. The van der Waals surface area contributed by atoms with Crippen LogP contribution in [-0.2, 0) is 16.0 Å². The monoisotopic (exact) mass is 254 g/mol. The van der Waals surface area contributed by atoms with Crippen LogP contribution in [0.15, 0.2) is 6.33 Å². The molecule has 100 valence electrons. The summed E-state index contributed by atoms with van der Waals surface area (Å²) in [5.41, 5.74) is 0. The van der Waals surface area contributed by atoms with Gasteiger partial charge in [0.05, 0.1) is 0 Å². The third-order valence-electron chi connectivity index (χ3n) is 2.42. The number of aromatic nitrogens is 3. The molecule has 1 heterocycles. The van der Waals surface area contributed by atoms with E-state index in [-0.39, 0.29) is 12.3 Å². The van der Waals surface area contributed by atoms with Crippen LogP contribution in [0.2, 0.25) is 0 Å². The van der Waals surface area contributed by atoms with Gasteiger partial charge in [-0.25, -0.2) is 4.98 Å². The standard InChI is InChI=1S/C11H18N4O3/c16-10(5-1-2-6-11(17)18)12-7-3-4-9-13-8-14-15-9/h8H,1-7H2,(H,12,16)(H,17,18)(H,13,14,15). The van der Waals surface area contributed by atoms with E-state index in [1.54, 1.807) is 0 Å². The summed E-state index contributed by atoms with van der Waals surface area (Å²) in [6.07, 6.45) is 4.67. The van der Waals surface area contributed by atoms with Crippen molar-refractivity contribution in [1.29, 1.82) is 0 Å². The zero-order chi connectivity index (χ0) is 13.2. The summed E-state index contributed by atoms with van der Waals surface area (Å²) < 4.78 is 0. The molecule has 0 atom stereocenters. The Labute approximate surface area is 105 Å². The number of aromatic amines is 1. The van der Waals surface area contributed by atoms with Gasteiger partial charge in [0.1, 0.15) is 12.2 Å². The van der Waals surface area contributed by atoms with Crippen LogP contribution in [-0.4, -0.2) is 38.7 Å². The highest BCUT2D eigenvalue weighted by Crippen LogP contribution is 1.99. The van der Waals surface area contributed by atoms with E-state index < -0.39 is 5.97 Å². The molecule has 3 N–H and O–H groups in total. The molecule has 18 heavy (non-hydrogen) atoms. The average Bonchev–Trinajstić information content (AvgIpc) is 2.83. The van der Waals surface area contributed by atoms with Crippen LogP contribution in [0.25, 0.3) is 0 Å². The molecule has 7 heteroatoms. The lowest BCUT2D eigenvalue weighted by atomic mass is 10.2. The molecule has 0 fully saturated rings. The fraction of sp³-hybridized carbons (Fsp3) is 0.636. The number of carbonyl (C=O) groups is 2. The fourth-order valence-electron chi connectivity index (χ4n) is 1.49. The molecule has 1 aromatic rings. The Morgan fingerprint density at radius 1 is 1.28 bits per heavy atom. The zero-order valence-electron chi connectivity index (χ0n) is 10.2. The number of hydrogen-bond donors (Lipinski definition) is 3. The van der Waals surface area contributed by atoms with Gasteiger partial charge in [-0.3, -0.25) is 14.7 Å². The molecule has 1 amide bonds. The number of nitrogens with one attached hydrogen (secondary N) is 2. The van der Waals surface area contributed by atoms with Crippen molar-refractivity contribution in [1.82, 2.24) is 20.5 Å². The smallest absolute Gasteiger partial charge is 0.303 e. The molecule has 0 aliphatic rings. The maximum atomic E-state index is 11.4. The average molecular weight is 254 g/mol. The second-order valence-corrected chi connectivity index (χ2v) is 3.99. The molecule has 0 radical (unpaired) electrons. The van der Waals surface area contributed by atoms with E-state index >= 15 is 0 Å². The van der Waals surface area contributed by atoms with Crippen LogP contribution in [0.5, 0.6) is 0 Å². The van der Waals surface area contributed by atoms with E-state index in [1.807, 2.05) is 0 Å². The first-order chi connectivity index (χ1) is 8.68. The number of carboxylic acid groups (broad SMARTS) is 1. The third kappa shape index (κ3) is 6.62. The fourth-order valence-corrected chi connectivity index (χ4v) is 1.49. The molecule has 0 aliphatic heterocycles. The summed E-state index contributed by atoms with van der Waals surface area (Å²) in [5, 5.41) is 17.7. The van der Waals surface area contributed by atoms with Crippen LogP contribution < -0.4 is 5.32 Å². The Balaban J connectivity index is 1.95. The highest BCUT2D eigenvalue weighted by molar-refractivity contribution is 5.75. The Kier molecular flexibility index (Phi) is 6.45. The minimum atomic E-state index is -0.817. The number of amides is 1. The first-order valence-corrected chi connectivity index (χ1v) is 6.01. The van der Waals surface area contributed by atoms with E-state index in [1.165, 1.54) is 6.33 Å². The minimum Gasteiger partial charge on any atom is -0.481 e. The Morgan fingerprint density at radius 3 is 2.72 bits per heavy atom. The first kappa shape index (κ1) is 14.1. The molecule has 0 saturated carbocycles. The number of H-pyrrole nitrogens is 1. The van der Waals surface area contributed by atoms with Crippen molar-refractivity contribution in [2.75, 3.05) is 6.54 Å². The van der Waals surface area contributed by atoms with Crippen molar-refractivity contribution >= 4 is 11.9 Å². The number of nitrogens with zero attached hydrogens (tertiary/aromatic N) is 2. The van der Waals surface area contributed by atoms with Gasteiger partial charge >= 0.3 is 5.97 Å². The van der Waals surface area contributed by atoms with Crippen LogP contribution in [0.3, 0.4) is 0 Å². The molecule has 0 spiro atoms. The van der Waals surface area contributed by atoms with Gasteiger partial charge in [-0.1, -0.05) is 0 Å². The van der Waals surface area contributed by atoms with Gasteiger partial charge in [0.25, 0.3) is 0 Å². The second kappa shape index (κ2) is 8.21. The highest BCUT2D eigenvalue weighted by atomic mass is 16.4. The van der Waals surface area contributed by atoms with Crippen molar-refractivity contribution < 1.29 is 14.7 Å². The van der Waals surface area contributed by atoms with Gasteiger partial charge in [0.15, 0.2) is 0 Å². The van der Waals surface area contributed by atoms with Crippen LogP contribution in [0.1, 0.15) is 37.9 Å². The summed E-state index contributed by atoms with van der Waals surface area (Å²) in [7, 11) is 0. The van der Waals surface area contributed by atoms with Gasteiger partial charge < -0.3 is 10.4 Å². The van der Waals surface area contributed by atoms with Crippen molar-refractivity contribution in [3.8, 4) is 0 Å². The van der Waals surface area contributed by atoms with Gasteiger partial charge in [-0.05, 0) is 19.3 Å². The van der Waals surface area contributed by atoms with Crippen molar-refractivity contribution in [3.05, 3.63) is 12.2 Å². The number of aliphatic carboxylic acids is 1. The highest BCUT2D eigenvalue weighted by Gasteiger charge is 2.02. The van der Waals surface area contributed by atoms with Gasteiger partial charge in [0.2, 0.25) is 5.91 Å². The van der Waals surface area contributed by atoms with E-state index in [4.69, 9.17) is 5.11 Å². The van der Waals surface area contributed by atoms with E-state index in [9.17, 15) is 9.59 Å². The largest absolute Gasteiger partial charge is 0.481 e. The Morgan fingerprint density at radius 2 is 2.06 bits per heavy atom. The van der Waals surface area contributed by atoms with Crippen LogP contribution >= 0.6 is 0 Å². The molecule has 0 unspecified atom stereocenters. The molecule has 1 aromatic heterocycles. The number of rotatable bonds is 9. The predicted octanol–water partition coefficient (Wildman–Crippen LogP) is 0.498. The quantitative estimate of drug-likeness (QED) is 0.556. The number of unbranched alkanes of at least 4 members (excludes halogenated alkanes) is 1. The topological polar surface area (TPSA) is 108 Å². The molecule has 0 aromatic carbocycles. The van der Waals surface area contributed by atoms with E-state index in [0.717, 1.165) is 18.7 Å². The van der Waals surface area contributed by atoms with Crippen molar-refractivity contribution in [3.63, 3.8) is 0 Å². The summed E-state index contributed by atoms with van der Waals surface area (Å²) in [6.45, 7) is 0.596. The second-order valence-electron chi connectivity index (χ2n) is 3.99. The third-order valence-corrected chi connectivity index (χ3v) is 2.42. The molecule has 0 bridgehead atoms. The summed E-state index contributed by atoms with van der Waals surface area (Å²) >= 11 is 0. The van der Waals surface area contributed by atoms with Gasteiger partial charge in [0, 0.05) is 25.8 Å². The SMILES string of the molecule is O=C(O)CCCCC(=O)NCCCc1ncn[nH]1. The molecule has 0 aliphatic carbocycles. The summed E-state index contributed by atoms with van der Waals surface area (Å²) in [6, 6.07) is 0. The predicted molar refractivity (Wildman–Crippen MR) is 63.8 cm³/mol. The normalized spacial score (nSPS) is 10.2. The maximum Gasteiger partial charge on any atom is 0.303 e. The summed E-state index contributed by atoms with van der Waals surface area (Å²) in [4.78, 5) is 25.6. The first-order valence-electron chi connectivity index (χ1n) is 6.01. The molecule has 1 rings (SSSR count). The molecular formula is C11H18N4O3. The van der Waals surface area contributed by atoms with Crippen molar-refractivity contribution in [2.24, 2.45) is 0 Å². The number of carboxylic acids is 1. The Hall–Kier alpha value is -1.92. The lowest BCUT2D eigenvalue weighted by Gasteiger charge is -2.03. The number of aryl methyl sites for hydroxylation is 1. The van der Waals surface area contributed by atoms with Crippen molar-refractivity contribution in [2.45, 2.75) is 38.5 Å². The minimum absolute atomic E-state index is 0.0297. The molecular weight excluding hydrogens is 236 g/mol.